The molecule has 1 aromatic carbocycles. The Morgan fingerprint density at radius 2 is 1.88 bits per heavy atom. The molecule has 5 rings (SSSR count). The Morgan fingerprint density at radius 3 is 2.46 bits per heavy atom. The number of rotatable bonds is 5. The van der Waals surface area contributed by atoms with Gasteiger partial charge in [-0.15, -0.1) is 11.6 Å². The fourth-order valence-electron chi connectivity index (χ4n) is 6.11. The Balaban J connectivity index is 1.49. The second-order valence-corrected chi connectivity index (χ2v) is 10.3. The van der Waals surface area contributed by atoms with E-state index in [1.54, 1.807) is 0 Å². The lowest BCUT2D eigenvalue weighted by atomic mass is 9.49. The number of nitrogens with zero attached hydrogens (tertiary/aromatic N) is 1. The maximum atomic E-state index is 13.3. The number of carbonyl (C=O) groups is 1. The van der Waals surface area contributed by atoms with Gasteiger partial charge in [0.05, 0.1) is 11.5 Å². The first kappa shape index (κ1) is 18.6. The average Bonchev–Trinajstić information content (AvgIpc) is 2.53. The van der Waals surface area contributed by atoms with Gasteiger partial charge in [-0.25, -0.2) is 0 Å². The molecule has 5 atom stereocenters. The first-order valence-electron chi connectivity index (χ1n) is 9.68. The molecule has 1 amide bonds. The van der Waals surface area contributed by atoms with Crippen molar-refractivity contribution in [2.24, 2.45) is 17.3 Å². The third-order valence-corrected chi connectivity index (χ3v) is 7.60. The zero-order valence-electron chi connectivity index (χ0n) is 15.6. The van der Waals surface area contributed by atoms with Crippen molar-refractivity contribution >= 4 is 29.1 Å². The number of alkyl halides is 1. The third kappa shape index (κ3) is 3.27. The van der Waals surface area contributed by atoms with Crippen molar-refractivity contribution in [1.29, 1.82) is 0 Å². The van der Waals surface area contributed by atoms with Crippen LogP contribution in [-0.2, 0) is 4.79 Å². The molecule has 1 N–H and O–H groups in total. The van der Waals surface area contributed by atoms with Gasteiger partial charge in [-0.2, -0.15) is 0 Å². The van der Waals surface area contributed by atoms with Crippen molar-refractivity contribution in [2.75, 3.05) is 20.6 Å². The standard InChI is InChI=1S/C21H28Cl2N2O/c1-25(2)18(16-5-3-4-6-17(16)22)12-24-19(26)20-8-14-7-15(9-20)11-21(23,10-14)13-20/h3-6,14-15,18H,7-13H2,1-2H3,(H,24,26)/t14-,15+,18-,20?,21?/m1/s1. The first-order valence-corrected chi connectivity index (χ1v) is 10.4. The van der Waals surface area contributed by atoms with Crippen LogP contribution in [0, 0.1) is 17.3 Å². The van der Waals surface area contributed by atoms with Crippen molar-refractivity contribution in [3.63, 3.8) is 0 Å². The smallest absolute Gasteiger partial charge is 0.226 e. The molecule has 2 unspecified atom stereocenters. The van der Waals surface area contributed by atoms with E-state index in [0.29, 0.717) is 18.4 Å². The summed E-state index contributed by atoms with van der Waals surface area (Å²) in [6, 6.07) is 7.94. The molecule has 4 fully saturated rings. The van der Waals surface area contributed by atoms with Gasteiger partial charge >= 0.3 is 0 Å². The van der Waals surface area contributed by atoms with Gasteiger partial charge in [0.2, 0.25) is 5.91 Å². The molecule has 3 nitrogen and oxygen atoms in total. The fraction of sp³-hybridized carbons (Fsp3) is 0.667. The zero-order valence-corrected chi connectivity index (χ0v) is 17.1. The van der Waals surface area contributed by atoms with Crippen LogP contribution in [-0.4, -0.2) is 36.3 Å². The summed E-state index contributed by atoms with van der Waals surface area (Å²) in [6.45, 7) is 0.571. The lowest BCUT2D eigenvalue weighted by molar-refractivity contribution is -0.144. The summed E-state index contributed by atoms with van der Waals surface area (Å²) in [5.41, 5.74) is 0.808. The molecule has 0 spiro atoms. The van der Waals surface area contributed by atoms with Gasteiger partial charge in [-0.05, 0) is 76.1 Å². The Hall–Kier alpha value is -0.770. The van der Waals surface area contributed by atoms with Crippen LogP contribution >= 0.6 is 23.2 Å². The maximum absolute atomic E-state index is 13.3. The van der Waals surface area contributed by atoms with Crippen molar-refractivity contribution in [3.8, 4) is 0 Å². The molecule has 0 aliphatic heterocycles. The number of amides is 1. The highest BCUT2D eigenvalue weighted by molar-refractivity contribution is 6.31. The van der Waals surface area contributed by atoms with E-state index in [-0.39, 0.29) is 22.2 Å². The summed E-state index contributed by atoms with van der Waals surface area (Å²) in [6.07, 6.45) is 6.34. The molecule has 1 aromatic rings. The first-order chi connectivity index (χ1) is 12.3. The maximum Gasteiger partial charge on any atom is 0.226 e. The van der Waals surface area contributed by atoms with Gasteiger partial charge < -0.3 is 10.2 Å². The predicted octanol–water partition coefficient (Wildman–Crippen LogP) is 4.64. The Morgan fingerprint density at radius 1 is 1.23 bits per heavy atom. The Labute approximate surface area is 166 Å². The lowest BCUT2D eigenvalue weighted by Gasteiger charge is -2.59. The second-order valence-electron chi connectivity index (χ2n) is 9.10. The number of hydrogen-bond acceptors (Lipinski definition) is 2. The quantitative estimate of drug-likeness (QED) is 0.737. The molecule has 4 saturated carbocycles. The van der Waals surface area contributed by atoms with Gasteiger partial charge in [0.1, 0.15) is 0 Å². The number of likely N-dealkylation sites (N-methyl/N-ethyl adjacent to an activating group) is 1. The van der Waals surface area contributed by atoms with E-state index in [1.165, 1.54) is 6.42 Å². The van der Waals surface area contributed by atoms with E-state index in [2.05, 4.69) is 10.2 Å². The monoisotopic (exact) mass is 394 g/mol. The minimum Gasteiger partial charge on any atom is -0.354 e. The summed E-state index contributed by atoms with van der Waals surface area (Å²) < 4.78 is 0. The number of carbonyl (C=O) groups excluding carboxylic acids is 1. The number of hydrogen-bond donors (Lipinski definition) is 1. The Bertz CT molecular complexity index is 691. The molecule has 4 aliphatic rings. The summed E-state index contributed by atoms with van der Waals surface area (Å²) in [5.74, 6) is 1.47. The lowest BCUT2D eigenvalue weighted by Crippen LogP contribution is -2.58. The highest BCUT2D eigenvalue weighted by atomic mass is 35.5. The molecule has 26 heavy (non-hydrogen) atoms. The minimum absolute atomic E-state index is 0.0616. The highest BCUT2D eigenvalue weighted by Gasteiger charge is 2.60. The molecule has 0 aromatic heterocycles. The van der Waals surface area contributed by atoms with E-state index in [4.69, 9.17) is 23.2 Å². The average molecular weight is 395 g/mol. The van der Waals surface area contributed by atoms with Crippen molar-refractivity contribution < 1.29 is 4.79 Å². The molecule has 5 heteroatoms. The van der Waals surface area contributed by atoms with E-state index in [9.17, 15) is 4.79 Å². The summed E-state index contributed by atoms with van der Waals surface area (Å²) in [4.78, 5) is 15.2. The van der Waals surface area contributed by atoms with Crippen LogP contribution in [0.15, 0.2) is 24.3 Å². The van der Waals surface area contributed by atoms with Crippen LogP contribution in [0.4, 0.5) is 0 Å². The van der Waals surface area contributed by atoms with Crippen LogP contribution < -0.4 is 5.32 Å². The van der Waals surface area contributed by atoms with Crippen LogP contribution in [0.2, 0.25) is 5.02 Å². The van der Waals surface area contributed by atoms with Gasteiger partial charge in [-0.1, -0.05) is 29.8 Å². The van der Waals surface area contributed by atoms with Gasteiger partial charge in [0, 0.05) is 16.4 Å². The van der Waals surface area contributed by atoms with Crippen molar-refractivity contribution in [1.82, 2.24) is 10.2 Å². The van der Waals surface area contributed by atoms with E-state index in [0.717, 1.165) is 42.7 Å². The molecule has 4 aliphatic carbocycles. The number of nitrogens with one attached hydrogen (secondary N) is 1. The SMILES string of the molecule is CN(C)[C@H](CNC(=O)C12C[C@@H]3C[C@@H](CC(Cl)(C3)C1)C2)c1ccccc1Cl. The molecular formula is C21H28Cl2N2O. The van der Waals surface area contributed by atoms with Crippen molar-refractivity contribution in [3.05, 3.63) is 34.9 Å². The van der Waals surface area contributed by atoms with Crippen LogP contribution in [0.3, 0.4) is 0 Å². The van der Waals surface area contributed by atoms with Crippen LogP contribution in [0.1, 0.15) is 50.1 Å². The largest absolute Gasteiger partial charge is 0.354 e. The number of benzene rings is 1. The predicted molar refractivity (Wildman–Crippen MR) is 107 cm³/mol. The zero-order chi connectivity index (χ0) is 18.5. The van der Waals surface area contributed by atoms with E-state index < -0.39 is 0 Å². The number of halogens is 2. The highest BCUT2D eigenvalue weighted by Crippen LogP contribution is 2.63. The van der Waals surface area contributed by atoms with E-state index in [1.807, 2.05) is 38.4 Å². The molecule has 0 radical (unpaired) electrons. The molecule has 4 bridgehead atoms. The van der Waals surface area contributed by atoms with Crippen molar-refractivity contribution in [2.45, 2.75) is 49.4 Å². The summed E-state index contributed by atoms with van der Waals surface area (Å²) in [5, 5.41) is 4.01. The van der Waals surface area contributed by atoms with E-state index >= 15 is 0 Å². The summed E-state index contributed by atoms with van der Waals surface area (Å²) in [7, 11) is 4.05. The van der Waals surface area contributed by atoms with Gasteiger partial charge in [-0.3, -0.25) is 4.79 Å². The fourth-order valence-corrected chi connectivity index (χ4v) is 7.06. The minimum atomic E-state index is -0.247. The second kappa shape index (κ2) is 6.68. The van der Waals surface area contributed by atoms with Crippen LogP contribution in [0.25, 0.3) is 0 Å². The molecule has 0 heterocycles. The topological polar surface area (TPSA) is 32.3 Å². The normalized spacial score (nSPS) is 36.3. The molecule has 0 saturated heterocycles. The van der Waals surface area contributed by atoms with Gasteiger partial charge in [0.15, 0.2) is 0 Å². The molecular weight excluding hydrogens is 367 g/mol. The van der Waals surface area contributed by atoms with Crippen LogP contribution in [0.5, 0.6) is 0 Å². The summed E-state index contributed by atoms with van der Waals surface area (Å²) >= 11 is 13.3. The van der Waals surface area contributed by atoms with Gasteiger partial charge in [0.25, 0.3) is 0 Å². The Kier molecular flexibility index (Phi) is 4.78. The molecule has 142 valence electrons. The third-order valence-electron chi connectivity index (χ3n) is 6.81.